The molecule has 1 rings (SSSR count). The maximum atomic E-state index is 5.26. The summed E-state index contributed by atoms with van der Waals surface area (Å²) in [6, 6.07) is 4.19. The summed E-state index contributed by atoms with van der Waals surface area (Å²) in [5.74, 6) is 7.53. The third kappa shape index (κ3) is 2.79. The van der Waals surface area contributed by atoms with Crippen molar-refractivity contribution in [2.75, 3.05) is 7.11 Å². The van der Waals surface area contributed by atoms with E-state index in [4.69, 9.17) is 4.74 Å². The molecule has 0 aliphatic carbocycles. The molecule has 0 amide bonds. The molecule has 1 aromatic rings. The van der Waals surface area contributed by atoms with Crippen LogP contribution >= 0.6 is 0 Å². The number of hydrogen-bond donors (Lipinski definition) is 0. The summed E-state index contributed by atoms with van der Waals surface area (Å²) in [6.07, 6.45) is 0.921. The number of ether oxygens (including phenoxy) is 1. The van der Waals surface area contributed by atoms with Crippen LogP contribution in [0.2, 0.25) is 0 Å². The van der Waals surface area contributed by atoms with E-state index in [0.29, 0.717) is 5.92 Å². The molecule has 0 radical (unpaired) electrons. The number of rotatable bonds is 3. The second-order valence-electron chi connectivity index (χ2n) is 4.21. The van der Waals surface area contributed by atoms with Crippen LogP contribution in [-0.2, 0) is 0 Å². The Hall–Kier alpha value is -1.42. The zero-order valence-corrected chi connectivity index (χ0v) is 10.8. The molecule has 0 spiro atoms. The van der Waals surface area contributed by atoms with Gasteiger partial charge >= 0.3 is 0 Å². The summed E-state index contributed by atoms with van der Waals surface area (Å²) >= 11 is 0. The molecule has 1 aromatic carbocycles. The van der Waals surface area contributed by atoms with Crippen molar-refractivity contribution in [1.82, 2.24) is 0 Å². The van der Waals surface area contributed by atoms with Crippen LogP contribution < -0.4 is 4.74 Å². The lowest BCUT2D eigenvalue weighted by atomic mass is 9.90. The first-order valence-corrected chi connectivity index (χ1v) is 5.64. The quantitative estimate of drug-likeness (QED) is 0.698. The van der Waals surface area contributed by atoms with Gasteiger partial charge in [0.2, 0.25) is 0 Å². The van der Waals surface area contributed by atoms with E-state index in [1.807, 2.05) is 6.92 Å². The van der Waals surface area contributed by atoms with Crippen molar-refractivity contribution >= 4 is 0 Å². The highest BCUT2D eigenvalue weighted by Crippen LogP contribution is 2.29. The van der Waals surface area contributed by atoms with Gasteiger partial charge in [-0.05, 0) is 55.5 Å². The number of hydrogen-bond acceptors (Lipinski definition) is 1. The third-order valence-electron chi connectivity index (χ3n) is 2.88. The van der Waals surface area contributed by atoms with Crippen LogP contribution in [0.4, 0.5) is 0 Å². The van der Waals surface area contributed by atoms with Crippen LogP contribution in [0.15, 0.2) is 12.1 Å². The van der Waals surface area contributed by atoms with Crippen LogP contribution in [0, 0.1) is 25.7 Å². The summed E-state index contributed by atoms with van der Waals surface area (Å²) in [6.45, 7) is 8.40. The summed E-state index contributed by atoms with van der Waals surface area (Å²) in [4.78, 5) is 0. The Bertz CT molecular complexity index is 398. The van der Waals surface area contributed by atoms with Gasteiger partial charge in [0.15, 0.2) is 0 Å². The SMILES string of the molecule is CC#CCC(C)c1c(C)cc(OC)cc1C. The third-order valence-corrected chi connectivity index (χ3v) is 2.88. The van der Waals surface area contributed by atoms with E-state index in [9.17, 15) is 0 Å². The largest absolute Gasteiger partial charge is 0.497 e. The van der Waals surface area contributed by atoms with E-state index in [1.54, 1.807) is 7.11 Å². The Kier molecular flexibility index (Phi) is 4.43. The molecule has 0 N–H and O–H groups in total. The van der Waals surface area contributed by atoms with Gasteiger partial charge in [0, 0.05) is 6.42 Å². The molecule has 1 nitrogen and oxygen atoms in total. The molecule has 0 fully saturated rings. The molecular weight excluding hydrogens is 196 g/mol. The first kappa shape index (κ1) is 12.6. The predicted molar refractivity (Wildman–Crippen MR) is 69.0 cm³/mol. The first-order chi connectivity index (χ1) is 7.60. The van der Waals surface area contributed by atoms with E-state index in [2.05, 4.69) is 44.7 Å². The molecule has 86 valence electrons. The number of aryl methyl sites for hydroxylation is 2. The van der Waals surface area contributed by atoms with Gasteiger partial charge in [0.1, 0.15) is 5.75 Å². The Morgan fingerprint density at radius 1 is 1.25 bits per heavy atom. The molecule has 0 aliphatic heterocycles. The average Bonchev–Trinajstić information content (AvgIpc) is 2.25. The van der Waals surface area contributed by atoms with E-state index >= 15 is 0 Å². The normalized spacial score (nSPS) is 11.6. The van der Waals surface area contributed by atoms with Crippen molar-refractivity contribution in [1.29, 1.82) is 0 Å². The minimum Gasteiger partial charge on any atom is -0.497 e. The fraction of sp³-hybridized carbons (Fsp3) is 0.467. The highest BCUT2D eigenvalue weighted by Gasteiger charge is 2.11. The van der Waals surface area contributed by atoms with Gasteiger partial charge in [0.25, 0.3) is 0 Å². The maximum Gasteiger partial charge on any atom is 0.119 e. The lowest BCUT2D eigenvalue weighted by Crippen LogP contribution is -2.00. The van der Waals surface area contributed by atoms with E-state index < -0.39 is 0 Å². The van der Waals surface area contributed by atoms with Gasteiger partial charge in [0.05, 0.1) is 7.11 Å². The van der Waals surface area contributed by atoms with E-state index in [-0.39, 0.29) is 0 Å². The molecule has 0 saturated heterocycles. The van der Waals surface area contributed by atoms with Crippen molar-refractivity contribution in [2.24, 2.45) is 0 Å². The smallest absolute Gasteiger partial charge is 0.119 e. The lowest BCUT2D eigenvalue weighted by Gasteiger charge is -2.16. The molecule has 0 aromatic heterocycles. The van der Waals surface area contributed by atoms with E-state index in [0.717, 1.165) is 12.2 Å². The molecule has 1 unspecified atom stereocenters. The minimum absolute atomic E-state index is 0.485. The van der Waals surface area contributed by atoms with Crippen LogP contribution in [0.1, 0.15) is 42.9 Å². The topological polar surface area (TPSA) is 9.23 Å². The molecule has 0 bridgehead atoms. The van der Waals surface area contributed by atoms with Crippen molar-refractivity contribution < 1.29 is 4.74 Å². The van der Waals surface area contributed by atoms with Crippen molar-refractivity contribution in [3.8, 4) is 17.6 Å². The fourth-order valence-corrected chi connectivity index (χ4v) is 2.19. The van der Waals surface area contributed by atoms with Gasteiger partial charge in [-0.25, -0.2) is 0 Å². The highest BCUT2D eigenvalue weighted by atomic mass is 16.5. The molecule has 0 saturated carbocycles. The van der Waals surface area contributed by atoms with Gasteiger partial charge in [-0.3, -0.25) is 0 Å². The Labute approximate surface area is 98.8 Å². The van der Waals surface area contributed by atoms with Crippen LogP contribution in [0.25, 0.3) is 0 Å². The monoisotopic (exact) mass is 216 g/mol. The van der Waals surface area contributed by atoms with Crippen molar-refractivity contribution in [3.05, 3.63) is 28.8 Å². The number of benzene rings is 1. The molecule has 1 heteroatoms. The Balaban J connectivity index is 3.07. The van der Waals surface area contributed by atoms with Gasteiger partial charge < -0.3 is 4.74 Å². The summed E-state index contributed by atoms with van der Waals surface area (Å²) in [5, 5.41) is 0. The minimum atomic E-state index is 0.485. The molecule has 0 aliphatic rings. The zero-order valence-electron chi connectivity index (χ0n) is 10.8. The molecular formula is C15H20O. The van der Waals surface area contributed by atoms with Crippen molar-refractivity contribution in [3.63, 3.8) is 0 Å². The molecule has 16 heavy (non-hydrogen) atoms. The maximum absolute atomic E-state index is 5.26. The Morgan fingerprint density at radius 2 is 1.81 bits per heavy atom. The average molecular weight is 216 g/mol. The predicted octanol–water partition coefficient (Wildman–Crippen LogP) is 3.83. The highest BCUT2D eigenvalue weighted by molar-refractivity contribution is 5.43. The fourth-order valence-electron chi connectivity index (χ4n) is 2.19. The zero-order chi connectivity index (χ0) is 12.1. The van der Waals surface area contributed by atoms with Crippen LogP contribution in [-0.4, -0.2) is 7.11 Å². The van der Waals surface area contributed by atoms with Gasteiger partial charge in [-0.2, -0.15) is 0 Å². The number of methoxy groups -OCH3 is 1. The summed E-state index contributed by atoms with van der Waals surface area (Å²) < 4.78 is 5.26. The van der Waals surface area contributed by atoms with Gasteiger partial charge in [-0.1, -0.05) is 6.92 Å². The molecule has 1 atom stereocenters. The summed E-state index contributed by atoms with van der Waals surface area (Å²) in [7, 11) is 1.71. The van der Waals surface area contributed by atoms with Crippen molar-refractivity contribution in [2.45, 2.75) is 40.0 Å². The van der Waals surface area contributed by atoms with E-state index in [1.165, 1.54) is 16.7 Å². The first-order valence-electron chi connectivity index (χ1n) is 5.64. The Morgan fingerprint density at radius 3 is 2.25 bits per heavy atom. The second kappa shape index (κ2) is 5.61. The lowest BCUT2D eigenvalue weighted by molar-refractivity contribution is 0.414. The standard InChI is InChI=1S/C15H20O/c1-6-7-8-11(2)15-12(3)9-14(16-5)10-13(15)4/h9-11H,8H2,1-5H3. The van der Waals surface area contributed by atoms with Gasteiger partial charge in [-0.15, -0.1) is 11.8 Å². The van der Waals surface area contributed by atoms with Crippen LogP contribution in [0.3, 0.4) is 0 Å². The summed E-state index contributed by atoms with van der Waals surface area (Å²) in [5.41, 5.74) is 3.99. The second-order valence-corrected chi connectivity index (χ2v) is 4.21. The molecule has 0 heterocycles. The van der Waals surface area contributed by atoms with Crippen LogP contribution in [0.5, 0.6) is 5.75 Å².